The third-order valence-electron chi connectivity index (χ3n) is 1.92. The first-order valence-electron chi connectivity index (χ1n) is 4.01. The molecule has 0 spiro atoms. The molecule has 9 heavy (non-hydrogen) atoms. The molecule has 0 aromatic rings. The number of rotatable bonds is 4. The molecule has 0 bridgehead atoms. The normalized spacial score (nSPS) is 22.0. The zero-order chi connectivity index (χ0) is 6.69. The van der Waals surface area contributed by atoms with Crippen molar-refractivity contribution >= 4 is 0 Å². The standard InChI is InChI=1S/C8H16O/c1-2-3-8(9)6-7-4-5-7/h7-9H,2-6H2,1H3/t8-/m1/s1. The predicted octanol–water partition coefficient (Wildman–Crippen LogP) is 1.95. The summed E-state index contributed by atoms with van der Waals surface area (Å²) in [6, 6.07) is 0. The molecular formula is C8H16O. The van der Waals surface area contributed by atoms with Gasteiger partial charge in [0.1, 0.15) is 0 Å². The molecule has 1 rings (SSSR count). The van der Waals surface area contributed by atoms with Crippen LogP contribution in [0.25, 0.3) is 0 Å². The first-order chi connectivity index (χ1) is 4.33. The third kappa shape index (κ3) is 2.85. The van der Waals surface area contributed by atoms with Crippen molar-refractivity contribution in [3.05, 3.63) is 0 Å². The SMILES string of the molecule is CCC[C@@H](O)CC1CC1. The van der Waals surface area contributed by atoms with Crippen molar-refractivity contribution in [1.29, 1.82) is 0 Å². The molecule has 1 heteroatoms. The molecule has 0 amide bonds. The average Bonchev–Trinajstić information content (AvgIpc) is 2.50. The maximum Gasteiger partial charge on any atom is 0.0542 e. The lowest BCUT2D eigenvalue weighted by Gasteiger charge is -2.05. The Balaban J connectivity index is 1.95. The lowest BCUT2D eigenvalue weighted by molar-refractivity contribution is 0.147. The summed E-state index contributed by atoms with van der Waals surface area (Å²) in [5, 5.41) is 9.26. The molecule has 1 aliphatic carbocycles. The largest absolute Gasteiger partial charge is 0.393 e. The van der Waals surface area contributed by atoms with Gasteiger partial charge in [-0.25, -0.2) is 0 Å². The Hall–Kier alpha value is -0.0400. The summed E-state index contributed by atoms with van der Waals surface area (Å²) < 4.78 is 0. The van der Waals surface area contributed by atoms with Gasteiger partial charge in [0.25, 0.3) is 0 Å². The van der Waals surface area contributed by atoms with Crippen LogP contribution in [-0.2, 0) is 0 Å². The van der Waals surface area contributed by atoms with Crippen molar-refractivity contribution in [1.82, 2.24) is 0 Å². The van der Waals surface area contributed by atoms with Gasteiger partial charge in [-0.1, -0.05) is 26.2 Å². The van der Waals surface area contributed by atoms with Crippen molar-refractivity contribution < 1.29 is 5.11 Å². The number of hydrogen-bond donors (Lipinski definition) is 1. The van der Waals surface area contributed by atoms with Gasteiger partial charge in [-0.15, -0.1) is 0 Å². The van der Waals surface area contributed by atoms with Crippen LogP contribution in [0.2, 0.25) is 0 Å². The van der Waals surface area contributed by atoms with Gasteiger partial charge >= 0.3 is 0 Å². The Morgan fingerprint density at radius 3 is 2.67 bits per heavy atom. The molecule has 0 aromatic carbocycles. The van der Waals surface area contributed by atoms with Crippen molar-refractivity contribution in [2.24, 2.45) is 5.92 Å². The number of aliphatic hydroxyl groups excluding tert-OH is 1. The van der Waals surface area contributed by atoms with Crippen LogP contribution < -0.4 is 0 Å². The van der Waals surface area contributed by atoms with Crippen molar-refractivity contribution in [3.8, 4) is 0 Å². The van der Waals surface area contributed by atoms with Crippen LogP contribution in [-0.4, -0.2) is 11.2 Å². The maximum absolute atomic E-state index is 9.26. The number of hydrogen-bond acceptors (Lipinski definition) is 1. The molecule has 1 N–H and O–H groups in total. The summed E-state index contributed by atoms with van der Waals surface area (Å²) in [6.07, 6.45) is 5.90. The molecule has 0 unspecified atom stereocenters. The highest BCUT2D eigenvalue weighted by atomic mass is 16.3. The minimum Gasteiger partial charge on any atom is -0.393 e. The fourth-order valence-corrected chi connectivity index (χ4v) is 1.19. The average molecular weight is 128 g/mol. The second kappa shape index (κ2) is 3.21. The van der Waals surface area contributed by atoms with E-state index in [0.29, 0.717) is 0 Å². The Morgan fingerprint density at radius 2 is 2.22 bits per heavy atom. The summed E-state index contributed by atoms with van der Waals surface area (Å²) in [5.74, 6) is 0.881. The summed E-state index contributed by atoms with van der Waals surface area (Å²) in [7, 11) is 0. The zero-order valence-corrected chi connectivity index (χ0v) is 6.14. The third-order valence-corrected chi connectivity index (χ3v) is 1.92. The maximum atomic E-state index is 9.26. The molecule has 1 atom stereocenters. The van der Waals surface area contributed by atoms with E-state index in [9.17, 15) is 5.11 Å². The zero-order valence-electron chi connectivity index (χ0n) is 6.14. The predicted molar refractivity (Wildman–Crippen MR) is 38.3 cm³/mol. The first-order valence-corrected chi connectivity index (χ1v) is 4.01. The van der Waals surface area contributed by atoms with E-state index in [1.54, 1.807) is 0 Å². The van der Waals surface area contributed by atoms with Crippen LogP contribution in [0.4, 0.5) is 0 Å². The molecular weight excluding hydrogens is 112 g/mol. The first kappa shape index (κ1) is 7.07. The Bertz CT molecular complexity index is 76.6. The minimum absolute atomic E-state index is 0.00231. The van der Waals surface area contributed by atoms with E-state index in [0.717, 1.165) is 25.2 Å². The van der Waals surface area contributed by atoms with E-state index >= 15 is 0 Å². The second-order valence-electron chi connectivity index (χ2n) is 3.12. The van der Waals surface area contributed by atoms with Gasteiger partial charge in [0.2, 0.25) is 0 Å². The van der Waals surface area contributed by atoms with Crippen LogP contribution in [0.1, 0.15) is 39.0 Å². The van der Waals surface area contributed by atoms with E-state index in [4.69, 9.17) is 0 Å². The van der Waals surface area contributed by atoms with Crippen LogP contribution in [0.5, 0.6) is 0 Å². The van der Waals surface area contributed by atoms with Gasteiger partial charge < -0.3 is 5.11 Å². The topological polar surface area (TPSA) is 20.2 Å². The lowest BCUT2D eigenvalue weighted by atomic mass is 10.1. The van der Waals surface area contributed by atoms with Crippen LogP contribution in [0, 0.1) is 5.92 Å². The van der Waals surface area contributed by atoms with E-state index in [-0.39, 0.29) is 6.10 Å². The van der Waals surface area contributed by atoms with Crippen molar-refractivity contribution in [2.75, 3.05) is 0 Å². The quantitative estimate of drug-likeness (QED) is 0.613. The minimum atomic E-state index is 0.00231. The second-order valence-corrected chi connectivity index (χ2v) is 3.12. The van der Waals surface area contributed by atoms with E-state index in [1.807, 2.05) is 0 Å². The molecule has 54 valence electrons. The highest BCUT2D eigenvalue weighted by molar-refractivity contribution is 4.75. The fraction of sp³-hybridized carbons (Fsp3) is 1.00. The molecule has 0 saturated heterocycles. The Kier molecular flexibility index (Phi) is 2.52. The van der Waals surface area contributed by atoms with Gasteiger partial charge in [-0.3, -0.25) is 0 Å². The summed E-state index contributed by atoms with van der Waals surface area (Å²) in [6.45, 7) is 2.12. The molecule has 0 aliphatic heterocycles. The van der Waals surface area contributed by atoms with Gasteiger partial charge in [-0.2, -0.15) is 0 Å². The molecule has 1 saturated carbocycles. The monoisotopic (exact) mass is 128 g/mol. The summed E-state index contributed by atoms with van der Waals surface area (Å²) in [4.78, 5) is 0. The van der Waals surface area contributed by atoms with Crippen molar-refractivity contribution in [3.63, 3.8) is 0 Å². The molecule has 1 fully saturated rings. The molecule has 0 radical (unpaired) electrons. The molecule has 0 heterocycles. The van der Waals surface area contributed by atoms with Gasteiger partial charge in [0, 0.05) is 0 Å². The Labute approximate surface area is 57.1 Å². The van der Waals surface area contributed by atoms with E-state index in [1.165, 1.54) is 12.8 Å². The summed E-state index contributed by atoms with van der Waals surface area (Å²) >= 11 is 0. The van der Waals surface area contributed by atoms with Gasteiger partial charge in [-0.05, 0) is 18.8 Å². The van der Waals surface area contributed by atoms with Gasteiger partial charge in [0.15, 0.2) is 0 Å². The molecule has 1 nitrogen and oxygen atoms in total. The number of aliphatic hydroxyl groups is 1. The van der Waals surface area contributed by atoms with Crippen LogP contribution >= 0.6 is 0 Å². The Morgan fingerprint density at radius 1 is 1.56 bits per heavy atom. The highest BCUT2D eigenvalue weighted by Crippen LogP contribution is 2.34. The van der Waals surface area contributed by atoms with Crippen LogP contribution in [0.15, 0.2) is 0 Å². The smallest absolute Gasteiger partial charge is 0.0542 e. The van der Waals surface area contributed by atoms with E-state index in [2.05, 4.69) is 6.92 Å². The lowest BCUT2D eigenvalue weighted by Crippen LogP contribution is -2.05. The van der Waals surface area contributed by atoms with Crippen molar-refractivity contribution in [2.45, 2.75) is 45.1 Å². The van der Waals surface area contributed by atoms with E-state index < -0.39 is 0 Å². The van der Waals surface area contributed by atoms with Crippen LogP contribution in [0.3, 0.4) is 0 Å². The fourth-order valence-electron chi connectivity index (χ4n) is 1.19. The van der Waals surface area contributed by atoms with Gasteiger partial charge in [0.05, 0.1) is 6.10 Å². The molecule has 1 aliphatic rings. The highest BCUT2D eigenvalue weighted by Gasteiger charge is 2.23. The summed E-state index contributed by atoms with van der Waals surface area (Å²) in [5.41, 5.74) is 0. The molecule has 0 aromatic heterocycles.